The number of nitrogen functional groups attached to an aromatic ring is 1. The molecule has 0 unspecified atom stereocenters. The Morgan fingerprint density at radius 2 is 2.10 bits per heavy atom. The molecule has 0 radical (unpaired) electrons. The van der Waals surface area contributed by atoms with Crippen LogP contribution in [0.15, 0.2) is 23.1 Å². The van der Waals surface area contributed by atoms with E-state index in [9.17, 15) is 13.2 Å². The van der Waals surface area contributed by atoms with Gasteiger partial charge >= 0.3 is 0 Å². The molecular weight excluding hydrogens is 278 g/mol. The minimum absolute atomic E-state index is 0.0469. The largest absolute Gasteiger partial charge is 0.398 e. The van der Waals surface area contributed by atoms with Crippen LogP contribution in [0.1, 0.15) is 24.8 Å². The van der Waals surface area contributed by atoms with Crippen molar-refractivity contribution in [3.05, 3.63) is 23.8 Å². The zero-order valence-electron chi connectivity index (χ0n) is 11.3. The summed E-state index contributed by atoms with van der Waals surface area (Å²) in [6, 6.07) is 5.04. The Bertz CT molecular complexity index is 609. The minimum atomic E-state index is -3.67. The summed E-state index contributed by atoms with van der Waals surface area (Å²) in [4.78, 5) is 11.5. The molecule has 0 aliphatic heterocycles. The van der Waals surface area contributed by atoms with Crippen molar-refractivity contribution in [2.45, 2.75) is 37.1 Å². The average Bonchev–Trinajstić information content (AvgIpc) is 3.11. The lowest BCUT2D eigenvalue weighted by molar-refractivity contribution is -0.121. The molecule has 7 heteroatoms. The van der Waals surface area contributed by atoms with E-state index in [0.717, 1.165) is 18.4 Å². The predicted octanol–water partition coefficient (Wildman–Crippen LogP) is 0.524. The highest BCUT2D eigenvalue weighted by molar-refractivity contribution is 7.89. The monoisotopic (exact) mass is 297 g/mol. The van der Waals surface area contributed by atoms with E-state index in [2.05, 4.69) is 10.0 Å². The van der Waals surface area contributed by atoms with Gasteiger partial charge in [-0.15, -0.1) is 0 Å². The first-order chi connectivity index (χ1) is 9.38. The third kappa shape index (κ3) is 3.94. The number of nitrogens with one attached hydrogen (secondary N) is 2. The molecule has 0 saturated heterocycles. The summed E-state index contributed by atoms with van der Waals surface area (Å²) in [6.07, 6.45) is 2.15. The molecule has 1 saturated carbocycles. The van der Waals surface area contributed by atoms with E-state index >= 15 is 0 Å². The van der Waals surface area contributed by atoms with Gasteiger partial charge in [0.05, 0.1) is 5.69 Å². The van der Waals surface area contributed by atoms with E-state index < -0.39 is 10.0 Å². The summed E-state index contributed by atoms with van der Waals surface area (Å²) in [6.45, 7) is 1.90. The fourth-order valence-corrected chi connectivity index (χ4v) is 2.96. The normalized spacial score (nSPS) is 15.1. The van der Waals surface area contributed by atoms with E-state index in [1.54, 1.807) is 12.1 Å². The van der Waals surface area contributed by atoms with E-state index in [0.29, 0.717) is 0 Å². The van der Waals surface area contributed by atoms with Crippen molar-refractivity contribution in [1.29, 1.82) is 0 Å². The summed E-state index contributed by atoms with van der Waals surface area (Å²) < 4.78 is 26.5. The highest BCUT2D eigenvalue weighted by Gasteiger charge is 2.23. The maximum atomic E-state index is 12.1. The smallest absolute Gasteiger partial charge is 0.242 e. The molecule has 1 aliphatic rings. The van der Waals surface area contributed by atoms with Crippen molar-refractivity contribution in [2.24, 2.45) is 0 Å². The number of benzene rings is 1. The molecule has 1 aromatic rings. The van der Waals surface area contributed by atoms with Gasteiger partial charge in [0.1, 0.15) is 4.90 Å². The molecule has 1 aliphatic carbocycles. The molecule has 6 nitrogen and oxygen atoms in total. The van der Waals surface area contributed by atoms with Gasteiger partial charge in [0.15, 0.2) is 0 Å². The van der Waals surface area contributed by atoms with Crippen molar-refractivity contribution < 1.29 is 13.2 Å². The summed E-state index contributed by atoms with van der Waals surface area (Å²) in [7, 11) is -3.67. The SMILES string of the molecule is Cc1ccc(S(=O)(=O)NCCC(=O)NC2CC2)c(N)c1. The molecule has 1 amide bonds. The van der Waals surface area contributed by atoms with Gasteiger partial charge in [-0.2, -0.15) is 0 Å². The lowest BCUT2D eigenvalue weighted by Gasteiger charge is -2.09. The molecular formula is C13H19N3O3S. The second kappa shape index (κ2) is 5.80. The molecule has 0 atom stereocenters. The van der Waals surface area contributed by atoms with Crippen LogP contribution in [-0.2, 0) is 14.8 Å². The second-order valence-corrected chi connectivity index (χ2v) is 6.77. The molecule has 0 heterocycles. The van der Waals surface area contributed by atoms with Crippen LogP contribution >= 0.6 is 0 Å². The minimum Gasteiger partial charge on any atom is -0.398 e. The average molecular weight is 297 g/mol. The molecule has 110 valence electrons. The summed E-state index contributed by atoms with van der Waals surface area (Å²) in [5.41, 5.74) is 6.82. The third-order valence-corrected chi connectivity index (χ3v) is 4.58. The number of hydrogen-bond acceptors (Lipinski definition) is 4. The van der Waals surface area contributed by atoms with Crippen molar-refractivity contribution in [2.75, 3.05) is 12.3 Å². The molecule has 1 aromatic carbocycles. The van der Waals surface area contributed by atoms with Crippen LogP contribution in [-0.4, -0.2) is 26.9 Å². The number of carbonyl (C=O) groups excluding carboxylic acids is 1. The lowest BCUT2D eigenvalue weighted by Crippen LogP contribution is -2.32. The Hall–Kier alpha value is -1.60. The highest BCUT2D eigenvalue weighted by Crippen LogP contribution is 2.20. The molecule has 2 rings (SSSR count). The lowest BCUT2D eigenvalue weighted by atomic mass is 10.2. The van der Waals surface area contributed by atoms with E-state index in [1.165, 1.54) is 6.07 Å². The molecule has 1 fully saturated rings. The van der Waals surface area contributed by atoms with Crippen LogP contribution in [0.3, 0.4) is 0 Å². The van der Waals surface area contributed by atoms with Crippen LogP contribution in [0.5, 0.6) is 0 Å². The number of hydrogen-bond donors (Lipinski definition) is 3. The number of aryl methyl sites for hydroxylation is 1. The Morgan fingerprint density at radius 1 is 1.40 bits per heavy atom. The van der Waals surface area contributed by atoms with Crippen LogP contribution in [0, 0.1) is 6.92 Å². The predicted molar refractivity (Wildman–Crippen MR) is 76.6 cm³/mol. The summed E-state index contributed by atoms with van der Waals surface area (Å²) in [5, 5.41) is 2.80. The molecule has 20 heavy (non-hydrogen) atoms. The molecule has 4 N–H and O–H groups in total. The van der Waals surface area contributed by atoms with Gasteiger partial charge in [-0.3, -0.25) is 4.79 Å². The van der Waals surface area contributed by atoms with Crippen LogP contribution in [0.2, 0.25) is 0 Å². The zero-order valence-corrected chi connectivity index (χ0v) is 12.2. The van der Waals surface area contributed by atoms with Crippen LogP contribution < -0.4 is 15.8 Å². The number of nitrogens with two attached hydrogens (primary N) is 1. The Morgan fingerprint density at radius 3 is 2.70 bits per heavy atom. The number of anilines is 1. The fraction of sp³-hybridized carbons (Fsp3) is 0.462. The standard InChI is InChI=1S/C13H19N3O3S/c1-9-2-5-12(11(14)8-9)20(18,19)15-7-6-13(17)16-10-3-4-10/h2,5,8,10,15H,3-4,6-7,14H2,1H3,(H,16,17). The summed E-state index contributed by atoms with van der Waals surface area (Å²) in [5.74, 6) is -0.132. The van der Waals surface area contributed by atoms with Gasteiger partial charge in [0.25, 0.3) is 0 Å². The maximum absolute atomic E-state index is 12.1. The number of amides is 1. The van der Waals surface area contributed by atoms with Crippen LogP contribution in [0.25, 0.3) is 0 Å². The molecule has 0 aromatic heterocycles. The summed E-state index contributed by atoms with van der Waals surface area (Å²) >= 11 is 0. The molecule has 0 bridgehead atoms. The van der Waals surface area contributed by atoms with Crippen molar-refractivity contribution in [3.63, 3.8) is 0 Å². The Kier molecular flexibility index (Phi) is 4.29. The fourth-order valence-electron chi connectivity index (χ4n) is 1.82. The maximum Gasteiger partial charge on any atom is 0.242 e. The van der Waals surface area contributed by atoms with Gasteiger partial charge in [0.2, 0.25) is 15.9 Å². The van der Waals surface area contributed by atoms with Gasteiger partial charge in [-0.05, 0) is 37.5 Å². The molecule has 0 spiro atoms. The van der Waals surface area contributed by atoms with E-state index in [-0.39, 0.29) is 35.5 Å². The van der Waals surface area contributed by atoms with Crippen molar-refractivity contribution >= 4 is 21.6 Å². The van der Waals surface area contributed by atoms with Crippen molar-refractivity contribution in [1.82, 2.24) is 10.0 Å². The first-order valence-corrected chi connectivity index (χ1v) is 8.02. The third-order valence-electron chi connectivity index (χ3n) is 3.04. The Labute approximate surface area is 118 Å². The van der Waals surface area contributed by atoms with Crippen LogP contribution in [0.4, 0.5) is 5.69 Å². The van der Waals surface area contributed by atoms with Gasteiger partial charge in [0, 0.05) is 19.0 Å². The number of carbonyl (C=O) groups is 1. The van der Waals surface area contributed by atoms with E-state index in [1.807, 2.05) is 6.92 Å². The van der Waals surface area contributed by atoms with Gasteiger partial charge in [-0.1, -0.05) is 6.07 Å². The number of sulfonamides is 1. The quantitative estimate of drug-likeness (QED) is 0.666. The zero-order chi connectivity index (χ0) is 14.8. The first kappa shape index (κ1) is 14.8. The van der Waals surface area contributed by atoms with E-state index in [4.69, 9.17) is 5.73 Å². The Balaban J connectivity index is 1.91. The topological polar surface area (TPSA) is 101 Å². The highest BCUT2D eigenvalue weighted by atomic mass is 32.2. The van der Waals surface area contributed by atoms with Gasteiger partial charge < -0.3 is 11.1 Å². The van der Waals surface area contributed by atoms with Crippen molar-refractivity contribution in [3.8, 4) is 0 Å². The van der Waals surface area contributed by atoms with Gasteiger partial charge in [-0.25, -0.2) is 13.1 Å². The first-order valence-electron chi connectivity index (χ1n) is 6.53. The second-order valence-electron chi connectivity index (χ2n) is 5.03. The number of rotatable bonds is 6.